The summed E-state index contributed by atoms with van der Waals surface area (Å²) in [4.78, 5) is 18.8. The first-order valence-corrected chi connectivity index (χ1v) is 9.12. The van der Waals surface area contributed by atoms with Crippen LogP contribution in [0.3, 0.4) is 0 Å². The second-order valence-electron chi connectivity index (χ2n) is 6.19. The number of rotatable bonds is 8. The van der Waals surface area contributed by atoms with Gasteiger partial charge in [-0.1, -0.05) is 35.5 Å². The Hall–Kier alpha value is -3.06. The maximum atomic E-state index is 12.0. The molecule has 1 amide bonds. The summed E-state index contributed by atoms with van der Waals surface area (Å²) in [5, 5.41) is 3.87. The number of ether oxygens (including phenoxy) is 3. The highest BCUT2D eigenvalue weighted by Crippen LogP contribution is 2.28. The van der Waals surface area contributed by atoms with E-state index < -0.39 is 0 Å². The Kier molecular flexibility index (Phi) is 7.26. The molecule has 1 saturated heterocycles. The van der Waals surface area contributed by atoms with Crippen LogP contribution in [0.5, 0.6) is 11.5 Å². The molecule has 2 aromatic rings. The van der Waals surface area contributed by atoms with Crippen molar-refractivity contribution >= 4 is 12.1 Å². The second kappa shape index (κ2) is 10.3. The molecule has 7 heteroatoms. The first-order chi connectivity index (χ1) is 13.8. The molecule has 0 unspecified atom stereocenters. The number of carbonyl (C=O) groups is 1. The van der Waals surface area contributed by atoms with E-state index in [0.29, 0.717) is 44.4 Å². The van der Waals surface area contributed by atoms with E-state index in [1.165, 1.54) is 6.21 Å². The van der Waals surface area contributed by atoms with Gasteiger partial charge in [-0.3, -0.25) is 4.79 Å². The van der Waals surface area contributed by atoms with E-state index in [2.05, 4.69) is 5.16 Å². The number of carbonyl (C=O) groups excluding carboxylic acids is 1. The van der Waals surface area contributed by atoms with Crippen LogP contribution in [0.1, 0.15) is 11.1 Å². The molecule has 0 aliphatic carbocycles. The van der Waals surface area contributed by atoms with Crippen LogP contribution in [-0.2, 0) is 21.0 Å². The number of morpholine rings is 1. The minimum absolute atomic E-state index is 0.0914. The minimum Gasteiger partial charge on any atom is -0.493 e. The van der Waals surface area contributed by atoms with Gasteiger partial charge in [0.1, 0.15) is 6.61 Å². The predicted octanol–water partition coefficient (Wildman–Crippen LogP) is 2.48. The van der Waals surface area contributed by atoms with Crippen LogP contribution in [0.15, 0.2) is 53.7 Å². The fourth-order valence-electron chi connectivity index (χ4n) is 2.71. The van der Waals surface area contributed by atoms with Crippen molar-refractivity contribution in [1.82, 2.24) is 4.90 Å². The lowest BCUT2D eigenvalue weighted by Gasteiger charge is -2.26. The van der Waals surface area contributed by atoms with Crippen LogP contribution in [-0.4, -0.2) is 57.0 Å². The van der Waals surface area contributed by atoms with Crippen molar-refractivity contribution in [3.05, 3.63) is 59.7 Å². The molecule has 0 atom stereocenters. The molecule has 0 spiro atoms. The molecule has 1 aliphatic rings. The van der Waals surface area contributed by atoms with Gasteiger partial charge in [0.15, 0.2) is 18.1 Å². The van der Waals surface area contributed by atoms with Crippen molar-refractivity contribution in [2.24, 2.45) is 5.16 Å². The summed E-state index contributed by atoms with van der Waals surface area (Å²) in [6.45, 7) is 2.67. The lowest BCUT2D eigenvalue weighted by Crippen LogP contribution is -2.42. The lowest BCUT2D eigenvalue weighted by molar-refractivity contribution is -0.140. The molecule has 0 saturated carbocycles. The molecule has 1 fully saturated rings. The Bertz CT molecular complexity index is 789. The van der Waals surface area contributed by atoms with Gasteiger partial charge in [-0.15, -0.1) is 0 Å². The maximum Gasteiger partial charge on any atom is 0.263 e. The van der Waals surface area contributed by atoms with Crippen molar-refractivity contribution in [1.29, 1.82) is 0 Å². The summed E-state index contributed by atoms with van der Waals surface area (Å²) in [7, 11) is 1.59. The highest BCUT2D eigenvalue weighted by molar-refractivity contribution is 5.81. The number of hydrogen-bond acceptors (Lipinski definition) is 6. The standard InChI is InChI=1S/C21H24N2O5/c1-25-20-13-18(7-8-19(20)27-15-17-5-3-2-4-6-17)14-22-28-16-21(24)23-9-11-26-12-10-23/h2-8,13-14H,9-12,15-16H2,1H3/b22-14-. The van der Waals surface area contributed by atoms with Crippen LogP contribution in [0.2, 0.25) is 0 Å². The molecule has 7 nitrogen and oxygen atoms in total. The van der Waals surface area contributed by atoms with Gasteiger partial charge < -0.3 is 23.9 Å². The Morgan fingerprint density at radius 1 is 1.14 bits per heavy atom. The van der Waals surface area contributed by atoms with Gasteiger partial charge in [-0.2, -0.15) is 0 Å². The van der Waals surface area contributed by atoms with Crippen LogP contribution in [0.4, 0.5) is 0 Å². The Morgan fingerprint density at radius 3 is 2.68 bits per heavy atom. The van der Waals surface area contributed by atoms with Crippen molar-refractivity contribution in [2.75, 3.05) is 40.0 Å². The molecular formula is C21H24N2O5. The number of hydrogen-bond donors (Lipinski definition) is 0. The average Bonchev–Trinajstić information content (AvgIpc) is 2.76. The third kappa shape index (κ3) is 5.72. The van der Waals surface area contributed by atoms with Crippen LogP contribution in [0, 0.1) is 0 Å². The summed E-state index contributed by atoms with van der Waals surface area (Å²) in [6.07, 6.45) is 1.54. The van der Waals surface area contributed by atoms with Gasteiger partial charge in [0.05, 0.1) is 26.5 Å². The van der Waals surface area contributed by atoms with E-state index in [0.717, 1.165) is 11.1 Å². The van der Waals surface area contributed by atoms with E-state index in [1.807, 2.05) is 42.5 Å². The third-order valence-corrected chi connectivity index (χ3v) is 4.25. The molecule has 1 aliphatic heterocycles. The van der Waals surface area contributed by atoms with E-state index >= 15 is 0 Å². The number of amides is 1. The van der Waals surface area contributed by atoms with Gasteiger partial charge in [0, 0.05) is 18.7 Å². The Balaban J connectivity index is 1.51. The first kappa shape index (κ1) is 19.7. The van der Waals surface area contributed by atoms with Gasteiger partial charge in [-0.05, 0) is 23.8 Å². The predicted molar refractivity (Wildman–Crippen MR) is 105 cm³/mol. The quantitative estimate of drug-likeness (QED) is 0.517. The normalized spacial score (nSPS) is 14.1. The molecule has 1 heterocycles. The van der Waals surface area contributed by atoms with Crippen molar-refractivity contribution in [3.8, 4) is 11.5 Å². The molecule has 0 radical (unpaired) electrons. The lowest BCUT2D eigenvalue weighted by atomic mass is 10.2. The third-order valence-electron chi connectivity index (χ3n) is 4.25. The average molecular weight is 384 g/mol. The summed E-state index contributed by atoms with van der Waals surface area (Å²) in [6, 6.07) is 15.4. The smallest absolute Gasteiger partial charge is 0.263 e. The summed E-state index contributed by atoms with van der Waals surface area (Å²) < 4.78 is 16.5. The zero-order valence-electron chi connectivity index (χ0n) is 15.9. The zero-order chi connectivity index (χ0) is 19.6. The van der Waals surface area contributed by atoms with Gasteiger partial charge in [0.2, 0.25) is 0 Å². The molecule has 2 aromatic carbocycles. The topological polar surface area (TPSA) is 69.6 Å². The van der Waals surface area contributed by atoms with E-state index in [1.54, 1.807) is 18.1 Å². The molecular weight excluding hydrogens is 360 g/mol. The van der Waals surface area contributed by atoms with E-state index in [-0.39, 0.29) is 12.5 Å². The molecule has 0 N–H and O–H groups in total. The van der Waals surface area contributed by atoms with E-state index in [9.17, 15) is 4.79 Å². The molecule has 28 heavy (non-hydrogen) atoms. The van der Waals surface area contributed by atoms with Crippen LogP contribution in [0.25, 0.3) is 0 Å². The first-order valence-electron chi connectivity index (χ1n) is 9.12. The maximum absolute atomic E-state index is 12.0. The van der Waals surface area contributed by atoms with Crippen LogP contribution < -0.4 is 9.47 Å². The minimum atomic E-state index is -0.0947. The highest BCUT2D eigenvalue weighted by atomic mass is 16.6. The summed E-state index contributed by atoms with van der Waals surface area (Å²) in [5.74, 6) is 1.15. The monoisotopic (exact) mass is 384 g/mol. The number of nitrogens with zero attached hydrogens (tertiary/aromatic N) is 2. The molecule has 0 bridgehead atoms. The van der Waals surface area contributed by atoms with Gasteiger partial charge in [-0.25, -0.2) is 0 Å². The zero-order valence-corrected chi connectivity index (χ0v) is 15.9. The molecule has 0 aromatic heterocycles. The Labute approximate surface area is 164 Å². The fourth-order valence-corrected chi connectivity index (χ4v) is 2.71. The second-order valence-corrected chi connectivity index (χ2v) is 6.19. The van der Waals surface area contributed by atoms with Crippen LogP contribution >= 0.6 is 0 Å². The number of benzene rings is 2. The molecule has 3 rings (SSSR count). The van der Waals surface area contributed by atoms with Gasteiger partial charge >= 0.3 is 0 Å². The van der Waals surface area contributed by atoms with Crippen molar-refractivity contribution in [2.45, 2.75) is 6.61 Å². The van der Waals surface area contributed by atoms with E-state index in [4.69, 9.17) is 19.0 Å². The largest absolute Gasteiger partial charge is 0.493 e. The number of methoxy groups -OCH3 is 1. The Morgan fingerprint density at radius 2 is 1.93 bits per heavy atom. The number of oxime groups is 1. The summed E-state index contributed by atoms with van der Waals surface area (Å²) >= 11 is 0. The summed E-state index contributed by atoms with van der Waals surface area (Å²) in [5.41, 5.74) is 1.86. The fraction of sp³-hybridized carbons (Fsp3) is 0.333. The van der Waals surface area contributed by atoms with Gasteiger partial charge in [0.25, 0.3) is 5.91 Å². The van der Waals surface area contributed by atoms with Crippen molar-refractivity contribution in [3.63, 3.8) is 0 Å². The SMILES string of the molecule is COc1cc(/C=N\OCC(=O)N2CCOCC2)ccc1OCc1ccccc1. The highest BCUT2D eigenvalue weighted by Gasteiger charge is 2.16. The molecule has 148 valence electrons. The van der Waals surface area contributed by atoms with Crippen molar-refractivity contribution < 1.29 is 23.8 Å².